The number of rotatable bonds is 6. The smallest absolute Gasteiger partial charge is 0.0374 e. The average Bonchev–Trinajstić information content (AvgIpc) is 2.46. The monoisotopic (exact) mass is 275 g/mol. The van der Waals surface area contributed by atoms with Crippen molar-refractivity contribution in [1.29, 1.82) is 0 Å². The Kier molecular flexibility index (Phi) is 5.99. The van der Waals surface area contributed by atoms with Gasteiger partial charge in [0, 0.05) is 16.7 Å². The Balaban J connectivity index is 1.97. The largest absolute Gasteiger partial charge is 0.310 e. The highest BCUT2D eigenvalue weighted by Crippen LogP contribution is 2.27. The second-order valence-corrected chi connectivity index (χ2v) is 6.27. The van der Waals surface area contributed by atoms with Crippen LogP contribution in [0.2, 0.25) is 0 Å². The van der Waals surface area contributed by atoms with E-state index in [1.807, 2.05) is 11.8 Å². The molecule has 0 aliphatic heterocycles. The van der Waals surface area contributed by atoms with E-state index in [1.54, 1.807) is 5.57 Å². The van der Waals surface area contributed by atoms with Crippen molar-refractivity contribution in [2.45, 2.75) is 50.5 Å². The quantitative estimate of drug-likeness (QED) is 0.603. The first-order valence-corrected chi connectivity index (χ1v) is 8.40. The molecule has 19 heavy (non-hydrogen) atoms. The maximum atomic E-state index is 3.65. The van der Waals surface area contributed by atoms with Gasteiger partial charge >= 0.3 is 0 Å². The maximum Gasteiger partial charge on any atom is 0.0374 e. The minimum absolute atomic E-state index is 0.551. The van der Waals surface area contributed by atoms with E-state index in [1.165, 1.54) is 36.1 Å². The van der Waals surface area contributed by atoms with Crippen molar-refractivity contribution in [2.75, 3.05) is 12.3 Å². The van der Waals surface area contributed by atoms with Crippen LogP contribution in [0.1, 0.15) is 38.2 Å². The van der Waals surface area contributed by atoms with Crippen LogP contribution in [-0.4, -0.2) is 18.3 Å². The molecule has 0 heterocycles. The molecule has 0 bridgehead atoms. The summed E-state index contributed by atoms with van der Waals surface area (Å²) in [5.41, 5.74) is 3.02. The Labute approximate surface area is 121 Å². The second-order valence-electron chi connectivity index (χ2n) is 5.21. The van der Waals surface area contributed by atoms with Gasteiger partial charge in [0.05, 0.1) is 0 Å². The Morgan fingerprint density at radius 1 is 1.26 bits per heavy atom. The number of hydrogen-bond donors (Lipinski definition) is 1. The zero-order chi connectivity index (χ0) is 13.5. The molecule has 0 aromatic heterocycles. The van der Waals surface area contributed by atoms with Crippen molar-refractivity contribution >= 4 is 11.8 Å². The summed E-state index contributed by atoms with van der Waals surface area (Å²) >= 11 is 1.99. The van der Waals surface area contributed by atoms with Crippen LogP contribution in [0.3, 0.4) is 0 Å². The highest BCUT2D eigenvalue weighted by Gasteiger charge is 2.15. The fraction of sp³-hybridized carbons (Fsp3) is 0.529. The van der Waals surface area contributed by atoms with Crippen molar-refractivity contribution in [3.8, 4) is 0 Å². The number of likely N-dealkylation sites (N-methyl/N-ethyl adjacent to an activating group) is 1. The van der Waals surface area contributed by atoms with Crippen LogP contribution in [0.15, 0.2) is 40.8 Å². The molecule has 1 aliphatic carbocycles. The molecule has 1 atom stereocenters. The molecule has 1 N–H and O–H groups in total. The molecule has 2 rings (SSSR count). The fourth-order valence-electron chi connectivity index (χ4n) is 2.61. The summed E-state index contributed by atoms with van der Waals surface area (Å²) in [6.07, 6.45) is 7.75. The van der Waals surface area contributed by atoms with Gasteiger partial charge in [-0.1, -0.05) is 36.8 Å². The third-order valence-corrected chi connectivity index (χ3v) is 4.99. The molecule has 0 fully saturated rings. The predicted molar refractivity (Wildman–Crippen MR) is 85.9 cm³/mol. The Morgan fingerprint density at radius 3 is 2.79 bits per heavy atom. The average molecular weight is 275 g/mol. The van der Waals surface area contributed by atoms with E-state index < -0.39 is 0 Å². The molecule has 104 valence electrons. The van der Waals surface area contributed by atoms with Gasteiger partial charge in [0.1, 0.15) is 0 Å². The summed E-state index contributed by atoms with van der Waals surface area (Å²) < 4.78 is 0. The first-order valence-electron chi connectivity index (χ1n) is 7.42. The van der Waals surface area contributed by atoms with Crippen LogP contribution >= 0.6 is 11.8 Å². The maximum absolute atomic E-state index is 3.65. The molecule has 1 nitrogen and oxygen atoms in total. The van der Waals surface area contributed by atoms with Gasteiger partial charge in [0.25, 0.3) is 0 Å². The van der Waals surface area contributed by atoms with E-state index in [4.69, 9.17) is 0 Å². The van der Waals surface area contributed by atoms with E-state index in [2.05, 4.69) is 49.5 Å². The lowest BCUT2D eigenvalue weighted by molar-refractivity contribution is 0.580. The number of thioether (sulfide) groups is 1. The summed E-state index contributed by atoms with van der Waals surface area (Å²) in [6, 6.07) is 9.24. The number of aryl methyl sites for hydroxylation is 1. The molecule has 0 amide bonds. The van der Waals surface area contributed by atoms with Crippen LogP contribution in [0.5, 0.6) is 0 Å². The molecular weight excluding hydrogens is 250 g/mol. The van der Waals surface area contributed by atoms with Crippen molar-refractivity contribution in [2.24, 2.45) is 0 Å². The van der Waals surface area contributed by atoms with Gasteiger partial charge in [-0.25, -0.2) is 0 Å². The van der Waals surface area contributed by atoms with Crippen LogP contribution < -0.4 is 5.32 Å². The number of hydrogen-bond acceptors (Lipinski definition) is 2. The summed E-state index contributed by atoms with van der Waals surface area (Å²) in [5, 5.41) is 3.65. The molecular formula is C17H25NS. The summed E-state index contributed by atoms with van der Waals surface area (Å²) in [5.74, 6) is 1.14. The van der Waals surface area contributed by atoms with E-state index in [9.17, 15) is 0 Å². The number of allylic oxidation sites excluding steroid dienone is 1. The van der Waals surface area contributed by atoms with Gasteiger partial charge in [0.2, 0.25) is 0 Å². The van der Waals surface area contributed by atoms with Crippen molar-refractivity contribution < 1.29 is 0 Å². The van der Waals surface area contributed by atoms with Gasteiger partial charge in [-0.2, -0.15) is 0 Å². The third-order valence-electron chi connectivity index (χ3n) is 3.72. The molecule has 1 aromatic carbocycles. The molecule has 0 radical (unpaired) electrons. The lowest BCUT2D eigenvalue weighted by Gasteiger charge is -2.24. The lowest BCUT2D eigenvalue weighted by atomic mass is 9.95. The molecule has 1 aliphatic rings. The van der Waals surface area contributed by atoms with E-state index >= 15 is 0 Å². The topological polar surface area (TPSA) is 12.0 Å². The number of nitrogens with one attached hydrogen (secondary N) is 1. The highest BCUT2D eigenvalue weighted by atomic mass is 32.2. The summed E-state index contributed by atoms with van der Waals surface area (Å²) in [6.45, 7) is 5.45. The molecule has 0 spiro atoms. The van der Waals surface area contributed by atoms with Crippen LogP contribution in [0.4, 0.5) is 0 Å². The molecule has 0 saturated carbocycles. The van der Waals surface area contributed by atoms with Gasteiger partial charge < -0.3 is 5.32 Å². The van der Waals surface area contributed by atoms with Gasteiger partial charge in [-0.15, -0.1) is 11.8 Å². The number of benzene rings is 1. The third kappa shape index (κ3) is 4.39. The SMILES string of the molecule is CCNC(CSc1ccccc1C)C1=CCCCC1. The molecule has 2 heteroatoms. The predicted octanol–water partition coefficient (Wildman–Crippen LogP) is 4.57. The van der Waals surface area contributed by atoms with Gasteiger partial charge in [-0.3, -0.25) is 0 Å². The Morgan fingerprint density at radius 2 is 2.11 bits per heavy atom. The standard InChI is InChI=1S/C17H25NS/c1-3-18-16(15-10-5-4-6-11-15)13-19-17-12-8-7-9-14(17)2/h7-10,12,16,18H,3-6,11,13H2,1-2H3. The summed E-state index contributed by atoms with van der Waals surface area (Å²) in [7, 11) is 0. The van der Waals surface area contributed by atoms with Crippen LogP contribution in [0.25, 0.3) is 0 Å². The first-order chi connectivity index (χ1) is 9.31. The normalized spacial score (nSPS) is 17.1. The zero-order valence-electron chi connectivity index (χ0n) is 12.1. The van der Waals surface area contributed by atoms with Gasteiger partial charge in [0.15, 0.2) is 0 Å². The van der Waals surface area contributed by atoms with E-state index in [-0.39, 0.29) is 0 Å². The lowest BCUT2D eigenvalue weighted by Crippen LogP contribution is -2.33. The molecule has 1 unspecified atom stereocenters. The van der Waals surface area contributed by atoms with E-state index in [0.29, 0.717) is 6.04 Å². The molecule has 1 aromatic rings. The first kappa shape index (κ1) is 14.7. The van der Waals surface area contributed by atoms with Crippen molar-refractivity contribution in [1.82, 2.24) is 5.32 Å². The zero-order valence-corrected chi connectivity index (χ0v) is 12.9. The van der Waals surface area contributed by atoms with Crippen molar-refractivity contribution in [3.05, 3.63) is 41.5 Å². The van der Waals surface area contributed by atoms with Gasteiger partial charge in [-0.05, 0) is 50.8 Å². The van der Waals surface area contributed by atoms with Crippen LogP contribution in [-0.2, 0) is 0 Å². The second kappa shape index (κ2) is 7.76. The van der Waals surface area contributed by atoms with Crippen molar-refractivity contribution in [3.63, 3.8) is 0 Å². The van der Waals surface area contributed by atoms with Crippen LogP contribution in [0, 0.1) is 6.92 Å². The van der Waals surface area contributed by atoms with E-state index in [0.717, 1.165) is 12.3 Å². The Hall–Kier alpha value is -0.730. The minimum atomic E-state index is 0.551. The molecule has 0 saturated heterocycles. The summed E-state index contributed by atoms with van der Waals surface area (Å²) in [4.78, 5) is 1.42. The Bertz CT molecular complexity index is 425. The highest BCUT2D eigenvalue weighted by molar-refractivity contribution is 7.99. The fourth-order valence-corrected chi connectivity index (χ4v) is 3.76. The minimum Gasteiger partial charge on any atom is -0.310 e.